The van der Waals surface area contributed by atoms with Crippen LogP contribution in [0.25, 0.3) is 11.4 Å². The number of benzene rings is 1. The third-order valence-electron chi connectivity index (χ3n) is 5.44. The lowest BCUT2D eigenvalue weighted by Gasteiger charge is -1.97. The molecule has 1 heterocycles. The van der Waals surface area contributed by atoms with E-state index in [-0.39, 0.29) is 17.9 Å². The number of esters is 3. The van der Waals surface area contributed by atoms with E-state index < -0.39 is 0 Å². The molecule has 9 nitrogen and oxygen atoms in total. The van der Waals surface area contributed by atoms with Crippen LogP contribution in [-0.2, 0) is 28.6 Å². The van der Waals surface area contributed by atoms with Crippen molar-refractivity contribution in [2.75, 3.05) is 21.3 Å². The van der Waals surface area contributed by atoms with Gasteiger partial charge in [0.1, 0.15) is 0 Å². The van der Waals surface area contributed by atoms with Gasteiger partial charge in [-0.15, -0.1) is 0 Å². The molecule has 0 N–H and O–H groups in total. The summed E-state index contributed by atoms with van der Waals surface area (Å²) in [5.74, 6) is 0.962. The van der Waals surface area contributed by atoms with Crippen molar-refractivity contribution in [3.8, 4) is 11.4 Å². The maximum atomic E-state index is 10.6. The van der Waals surface area contributed by atoms with E-state index in [1.165, 1.54) is 39.7 Å². The third kappa shape index (κ3) is 23.9. The highest BCUT2D eigenvalue weighted by molar-refractivity contribution is 5.69. The fourth-order valence-corrected chi connectivity index (χ4v) is 3.04. The molecule has 9 heteroatoms. The smallest absolute Gasteiger partial charge is 0.305 e. The molecule has 40 heavy (non-hydrogen) atoms. The average Bonchev–Trinajstić information content (AvgIpc) is 3.41. The molecule has 0 spiro atoms. The van der Waals surface area contributed by atoms with Crippen molar-refractivity contribution in [2.45, 2.75) is 112 Å². The Morgan fingerprint density at radius 3 is 1.60 bits per heavy atom. The zero-order valence-electron chi connectivity index (χ0n) is 26.0. The van der Waals surface area contributed by atoms with Gasteiger partial charge in [-0.25, -0.2) is 0 Å². The van der Waals surface area contributed by atoms with Crippen molar-refractivity contribution in [3.63, 3.8) is 0 Å². The fourth-order valence-electron chi connectivity index (χ4n) is 3.04. The summed E-state index contributed by atoms with van der Waals surface area (Å²) in [5.41, 5.74) is 2.19. The highest BCUT2D eigenvalue weighted by atomic mass is 16.5. The van der Waals surface area contributed by atoms with Crippen molar-refractivity contribution in [1.29, 1.82) is 0 Å². The summed E-state index contributed by atoms with van der Waals surface area (Å²) in [6, 6.07) is 8.02. The molecule has 0 aliphatic carbocycles. The standard InChI is InChI=1S/C10H10N2O.C8H16O2.C7H14O2.C6H12O2/c1-7-4-3-5-9(6-7)10-11-8(2)13-12-10;1-3-4-5-6-7-8(9)10-2;1-3-4-5-6-7(8)9-2;1-3-4-5-6(7)8-2/h3-6H,1-2H3;3-7H2,1-2H3;3-6H2,1-2H3;3-5H2,1-2H3. The number of rotatable bonds is 13. The van der Waals surface area contributed by atoms with E-state index in [0.29, 0.717) is 31.0 Å². The van der Waals surface area contributed by atoms with E-state index >= 15 is 0 Å². The van der Waals surface area contributed by atoms with Crippen molar-refractivity contribution >= 4 is 17.9 Å². The summed E-state index contributed by atoms with van der Waals surface area (Å²) >= 11 is 0. The third-order valence-corrected chi connectivity index (χ3v) is 5.44. The molecule has 0 saturated heterocycles. The average molecular weight is 565 g/mol. The maximum absolute atomic E-state index is 10.6. The van der Waals surface area contributed by atoms with Crippen molar-refractivity contribution < 1.29 is 33.1 Å². The first-order valence-corrected chi connectivity index (χ1v) is 14.3. The molecule has 0 saturated carbocycles. The number of ether oxygens (including phenoxy) is 3. The molecule has 0 fully saturated rings. The number of hydrogen-bond acceptors (Lipinski definition) is 9. The normalized spacial score (nSPS) is 9.50. The van der Waals surface area contributed by atoms with E-state index in [2.05, 4.69) is 38.2 Å². The minimum absolute atomic E-state index is 0.0869. The Hall–Kier alpha value is -3.23. The molecule has 0 radical (unpaired) electrons. The van der Waals surface area contributed by atoms with E-state index in [4.69, 9.17) is 4.52 Å². The summed E-state index contributed by atoms with van der Waals surface area (Å²) in [7, 11) is 4.27. The first kappa shape index (κ1) is 38.9. The molecule has 1 aromatic heterocycles. The van der Waals surface area contributed by atoms with Crippen molar-refractivity contribution in [1.82, 2.24) is 10.1 Å². The fraction of sp³-hybridized carbons (Fsp3) is 0.645. The van der Waals surface area contributed by atoms with Gasteiger partial charge >= 0.3 is 17.9 Å². The number of methoxy groups -OCH3 is 3. The van der Waals surface area contributed by atoms with Gasteiger partial charge < -0.3 is 18.7 Å². The predicted octanol–water partition coefficient (Wildman–Crippen LogP) is 7.57. The van der Waals surface area contributed by atoms with Crippen LogP contribution in [0.2, 0.25) is 0 Å². The maximum Gasteiger partial charge on any atom is 0.305 e. The zero-order chi connectivity index (χ0) is 30.6. The number of carbonyl (C=O) groups excluding carboxylic acids is 3. The van der Waals surface area contributed by atoms with Gasteiger partial charge in [0.15, 0.2) is 0 Å². The summed E-state index contributed by atoms with van der Waals surface area (Å²) in [6.45, 7) is 10.1. The summed E-state index contributed by atoms with van der Waals surface area (Å²) < 4.78 is 18.3. The molecule has 0 aliphatic rings. The molecular formula is C31H52N2O7. The molecule has 0 unspecified atom stereocenters. The molecular weight excluding hydrogens is 512 g/mol. The summed E-state index contributed by atoms with van der Waals surface area (Å²) in [4.78, 5) is 35.5. The number of aromatic nitrogens is 2. The zero-order valence-corrected chi connectivity index (χ0v) is 26.0. The second-order valence-electron chi connectivity index (χ2n) is 9.11. The lowest BCUT2D eigenvalue weighted by atomic mass is 10.1. The Morgan fingerprint density at radius 2 is 1.18 bits per heavy atom. The topological polar surface area (TPSA) is 118 Å². The minimum atomic E-state index is -0.105. The number of hydrogen-bond donors (Lipinski definition) is 0. The van der Waals surface area contributed by atoms with Crippen molar-refractivity contribution in [2.24, 2.45) is 0 Å². The predicted molar refractivity (Wildman–Crippen MR) is 158 cm³/mol. The van der Waals surface area contributed by atoms with Crippen LogP contribution in [0.4, 0.5) is 0 Å². The quantitative estimate of drug-likeness (QED) is 0.138. The van der Waals surface area contributed by atoms with Gasteiger partial charge in [0.05, 0.1) is 21.3 Å². The highest BCUT2D eigenvalue weighted by Gasteiger charge is 2.04. The van der Waals surface area contributed by atoms with Crippen LogP contribution in [0.5, 0.6) is 0 Å². The monoisotopic (exact) mass is 564 g/mol. The molecule has 0 bridgehead atoms. The van der Waals surface area contributed by atoms with Crippen LogP contribution in [-0.4, -0.2) is 49.4 Å². The van der Waals surface area contributed by atoms with E-state index in [0.717, 1.165) is 50.5 Å². The van der Waals surface area contributed by atoms with Gasteiger partial charge in [0, 0.05) is 31.7 Å². The van der Waals surface area contributed by atoms with Gasteiger partial charge in [-0.1, -0.05) is 88.2 Å². The number of aryl methyl sites for hydroxylation is 2. The summed E-state index contributed by atoms with van der Waals surface area (Å²) in [5, 5.41) is 3.84. The van der Waals surface area contributed by atoms with Crippen molar-refractivity contribution in [3.05, 3.63) is 35.7 Å². The molecule has 0 atom stereocenters. The Labute approximate surface area is 241 Å². The Kier molecular flexibility index (Phi) is 26.6. The SMILES string of the molecule is CCCCC(=O)OC.CCCCCC(=O)OC.CCCCCCC(=O)OC.Cc1cccc(-c2noc(C)n2)c1. The van der Waals surface area contributed by atoms with Gasteiger partial charge in [0.2, 0.25) is 11.7 Å². The molecule has 228 valence electrons. The second kappa shape index (κ2) is 27.3. The van der Waals surface area contributed by atoms with Gasteiger partial charge in [-0.05, 0) is 32.3 Å². The lowest BCUT2D eigenvalue weighted by molar-refractivity contribution is -0.141. The Balaban J connectivity index is 0. The van der Waals surface area contributed by atoms with Gasteiger partial charge in [-0.2, -0.15) is 4.98 Å². The Bertz CT molecular complexity index is 913. The van der Waals surface area contributed by atoms with Crippen LogP contribution >= 0.6 is 0 Å². The molecule has 2 rings (SSSR count). The van der Waals surface area contributed by atoms with E-state index in [1.807, 2.05) is 38.1 Å². The van der Waals surface area contributed by atoms with E-state index in [9.17, 15) is 14.4 Å². The molecule has 1 aromatic carbocycles. The number of carbonyl (C=O) groups is 3. The Morgan fingerprint density at radius 1 is 0.700 bits per heavy atom. The van der Waals surface area contributed by atoms with E-state index in [1.54, 1.807) is 6.92 Å². The molecule has 2 aromatic rings. The first-order valence-electron chi connectivity index (χ1n) is 14.3. The first-order chi connectivity index (χ1) is 19.2. The van der Waals surface area contributed by atoms with Crippen LogP contribution in [0.15, 0.2) is 28.8 Å². The minimum Gasteiger partial charge on any atom is -0.469 e. The summed E-state index contributed by atoms with van der Waals surface area (Å²) in [6.07, 6.45) is 11.5. The van der Waals surface area contributed by atoms with Gasteiger partial charge in [0.25, 0.3) is 0 Å². The lowest BCUT2D eigenvalue weighted by Crippen LogP contribution is -1.98. The molecule has 0 aliphatic heterocycles. The highest BCUT2D eigenvalue weighted by Crippen LogP contribution is 2.16. The van der Waals surface area contributed by atoms with Gasteiger partial charge in [-0.3, -0.25) is 14.4 Å². The van der Waals surface area contributed by atoms with Crippen LogP contribution < -0.4 is 0 Å². The van der Waals surface area contributed by atoms with Crippen LogP contribution in [0.1, 0.15) is 109 Å². The number of unbranched alkanes of at least 4 members (excludes halogenated alkanes) is 6. The molecule has 0 amide bonds. The largest absolute Gasteiger partial charge is 0.469 e. The second-order valence-corrected chi connectivity index (χ2v) is 9.11. The van der Waals surface area contributed by atoms with Crippen LogP contribution in [0, 0.1) is 13.8 Å². The number of nitrogens with zero attached hydrogens (tertiary/aromatic N) is 2. The van der Waals surface area contributed by atoms with Crippen LogP contribution in [0.3, 0.4) is 0 Å².